The molecule has 0 fully saturated rings. The van der Waals surface area contributed by atoms with Crippen LogP contribution in [0.2, 0.25) is 0 Å². The highest BCUT2D eigenvalue weighted by Crippen LogP contribution is 2.30. The van der Waals surface area contributed by atoms with Gasteiger partial charge in [0.15, 0.2) is 0 Å². The van der Waals surface area contributed by atoms with E-state index in [9.17, 15) is 15.2 Å². The second kappa shape index (κ2) is 7.46. The molecule has 0 unspecified atom stereocenters. The molecule has 0 saturated heterocycles. The van der Waals surface area contributed by atoms with Crippen LogP contribution in [-0.4, -0.2) is 28.6 Å². The molecule has 0 saturated carbocycles. The molecule has 0 spiro atoms. The molecule has 3 rings (SSSR count). The van der Waals surface area contributed by atoms with Gasteiger partial charge in [-0.3, -0.25) is 0 Å². The quantitative estimate of drug-likeness (QED) is 0.385. The summed E-state index contributed by atoms with van der Waals surface area (Å²) in [5.41, 5.74) is 4.87. The van der Waals surface area contributed by atoms with Crippen LogP contribution < -0.4 is 15.1 Å². The molecule has 7 nitrogen and oxygen atoms in total. The Labute approximate surface area is 155 Å². The first-order chi connectivity index (χ1) is 12.9. The highest BCUT2D eigenvalue weighted by Gasteiger charge is 2.29. The summed E-state index contributed by atoms with van der Waals surface area (Å²) in [7, 11) is 1.37. The summed E-state index contributed by atoms with van der Waals surface area (Å²) in [6, 6.07) is 20.4. The van der Waals surface area contributed by atoms with E-state index in [1.165, 1.54) is 25.3 Å². The summed E-state index contributed by atoms with van der Waals surface area (Å²) in [6.45, 7) is 0. The molecule has 0 bridgehead atoms. The Morgan fingerprint density at radius 3 is 2.15 bits per heavy atom. The van der Waals surface area contributed by atoms with Crippen molar-refractivity contribution in [2.24, 2.45) is 0 Å². The summed E-state index contributed by atoms with van der Waals surface area (Å²) >= 11 is 0. The average Bonchev–Trinajstić information content (AvgIpc) is 2.68. The van der Waals surface area contributed by atoms with Crippen LogP contribution in [-0.2, 0) is 0 Å². The number of carbonyl (C=O) groups is 1. The minimum atomic E-state index is -1.63. The van der Waals surface area contributed by atoms with Gasteiger partial charge in [-0.1, -0.05) is 30.3 Å². The maximum absolute atomic E-state index is 11.1. The van der Waals surface area contributed by atoms with Crippen molar-refractivity contribution >= 4 is 17.3 Å². The molecule has 0 heterocycles. The Morgan fingerprint density at radius 1 is 0.926 bits per heavy atom. The number of hydrogen-bond acceptors (Lipinski definition) is 5. The van der Waals surface area contributed by atoms with E-state index < -0.39 is 10.9 Å². The maximum Gasteiger partial charge on any atom is 0.335 e. The highest BCUT2D eigenvalue weighted by atomic mass is 16.9. The Kier molecular flexibility index (Phi) is 5.09. The summed E-state index contributed by atoms with van der Waals surface area (Å²) in [5, 5.41) is 29.9. The van der Waals surface area contributed by atoms with E-state index in [0.29, 0.717) is 0 Å². The lowest BCUT2D eigenvalue weighted by atomic mass is 10.1. The van der Waals surface area contributed by atoms with Gasteiger partial charge < -0.3 is 9.84 Å². The fourth-order valence-electron chi connectivity index (χ4n) is 2.64. The molecule has 0 amide bonds. The monoisotopic (exact) mass is 367 g/mol. The highest BCUT2D eigenvalue weighted by molar-refractivity contribution is 5.89. The molecule has 0 aliphatic carbocycles. The molecular formula is C20H19N2O5+. The number of quaternary nitrogens is 1. The third-order valence-electron chi connectivity index (χ3n) is 4.06. The molecular weight excluding hydrogens is 348 g/mol. The van der Waals surface area contributed by atoms with Crippen molar-refractivity contribution in [3.8, 4) is 16.9 Å². The SMILES string of the molecule is COc1cc(C(=O)O)ccc1N[N+](O)(O)c1ccc(-c2ccccc2)cc1. The molecule has 7 heteroatoms. The van der Waals surface area contributed by atoms with Gasteiger partial charge in [-0.25, -0.2) is 4.79 Å². The first kappa shape index (κ1) is 18.4. The minimum Gasteiger partial charge on any atom is -0.494 e. The molecule has 27 heavy (non-hydrogen) atoms. The predicted molar refractivity (Wildman–Crippen MR) is 101 cm³/mol. The van der Waals surface area contributed by atoms with E-state index in [1.54, 1.807) is 24.3 Å². The van der Waals surface area contributed by atoms with E-state index >= 15 is 0 Å². The molecule has 0 aliphatic heterocycles. The van der Waals surface area contributed by atoms with Crippen LogP contribution in [0.3, 0.4) is 0 Å². The number of carboxylic acids is 1. The van der Waals surface area contributed by atoms with Gasteiger partial charge in [-0.2, -0.15) is 5.43 Å². The number of nitrogens with one attached hydrogen (secondary N) is 1. The van der Waals surface area contributed by atoms with E-state index in [-0.39, 0.29) is 22.7 Å². The van der Waals surface area contributed by atoms with Crippen molar-refractivity contribution in [2.45, 2.75) is 0 Å². The van der Waals surface area contributed by atoms with E-state index in [0.717, 1.165) is 11.1 Å². The fourth-order valence-corrected chi connectivity index (χ4v) is 2.64. The summed E-state index contributed by atoms with van der Waals surface area (Å²) in [5.74, 6) is -0.938. The first-order valence-corrected chi connectivity index (χ1v) is 8.11. The fraction of sp³-hybridized carbons (Fsp3) is 0.0500. The van der Waals surface area contributed by atoms with Gasteiger partial charge >= 0.3 is 5.97 Å². The van der Waals surface area contributed by atoms with Gasteiger partial charge in [0, 0.05) is 12.1 Å². The third-order valence-corrected chi connectivity index (χ3v) is 4.06. The minimum absolute atomic E-state index is 0.0265. The number of methoxy groups -OCH3 is 1. The van der Waals surface area contributed by atoms with E-state index in [4.69, 9.17) is 9.84 Å². The topological polar surface area (TPSA) is 99.0 Å². The number of benzene rings is 3. The zero-order valence-corrected chi connectivity index (χ0v) is 14.5. The largest absolute Gasteiger partial charge is 0.494 e. The van der Waals surface area contributed by atoms with Gasteiger partial charge in [-0.05, 0) is 41.5 Å². The van der Waals surface area contributed by atoms with E-state index in [1.807, 2.05) is 30.3 Å². The molecule has 0 aliphatic rings. The van der Waals surface area contributed by atoms with Crippen LogP contribution in [0.25, 0.3) is 11.1 Å². The second-order valence-corrected chi connectivity index (χ2v) is 5.85. The van der Waals surface area contributed by atoms with Gasteiger partial charge in [0.2, 0.25) is 5.69 Å². The number of aromatic carboxylic acids is 1. The molecule has 138 valence electrons. The standard InChI is InChI=1S/C20H18N2O5/c1-27-19-13-16(20(23)24)9-12-18(19)21-22(25,26)17-10-7-15(8-11-17)14-5-3-2-4-6-14/h2-13,21,25-26H,1H3/p+1. The number of carboxylic acid groups (broad SMARTS) is 1. The number of nitrogens with zero attached hydrogens (tertiary/aromatic N) is 1. The van der Waals surface area contributed by atoms with Crippen LogP contribution >= 0.6 is 0 Å². The van der Waals surface area contributed by atoms with Gasteiger partial charge in [0.25, 0.3) is 0 Å². The van der Waals surface area contributed by atoms with Crippen molar-refractivity contribution in [1.82, 2.24) is 4.92 Å². The van der Waals surface area contributed by atoms with Crippen molar-refractivity contribution < 1.29 is 25.1 Å². The van der Waals surface area contributed by atoms with Gasteiger partial charge in [0.1, 0.15) is 11.4 Å². The molecule has 4 N–H and O–H groups in total. The summed E-state index contributed by atoms with van der Waals surface area (Å²) in [4.78, 5) is 9.43. The Hall–Kier alpha value is -3.39. The van der Waals surface area contributed by atoms with Gasteiger partial charge in [-0.15, -0.1) is 10.4 Å². The molecule has 3 aromatic rings. The molecule has 0 radical (unpaired) electrons. The first-order valence-electron chi connectivity index (χ1n) is 8.11. The van der Waals surface area contributed by atoms with Crippen LogP contribution in [0.5, 0.6) is 5.75 Å². The van der Waals surface area contributed by atoms with Gasteiger partial charge in [0.05, 0.1) is 17.6 Å². The third kappa shape index (κ3) is 4.06. The molecule has 0 aromatic heterocycles. The smallest absolute Gasteiger partial charge is 0.335 e. The van der Waals surface area contributed by atoms with Crippen molar-refractivity contribution in [3.05, 3.63) is 78.4 Å². The number of ether oxygens (including phenoxy) is 1. The lowest BCUT2D eigenvalue weighted by Gasteiger charge is -2.22. The van der Waals surface area contributed by atoms with Crippen LogP contribution in [0.15, 0.2) is 72.8 Å². The van der Waals surface area contributed by atoms with Crippen molar-refractivity contribution in [3.63, 3.8) is 0 Å². The predicted octanol–water partition coefficient (Wildman–Crippen LogP) is 4.17. The summed E-state index contributed by atoms with van der Waals surface area (Å²) in [6.07, 6.45) is 0. The Bertz CT molecular complexity index is 940. The van der Waals surface area contributed by atoms with E-state index in [2.05, 4.69) is 5.43 Å². The lowest BCUT2D eigenvalue weighted by molar-refractivity contribution is -0.272. The van der Waals surface area contributed by atoms with Crippen molar-refractivity contribution in [1.29, 1.82) is 0 Å². The Morgan fingerprint density at radius 2 is 1.56 bits per heavy atom. The van der Waals surface area contributed by atoms with Crippen LogP contribution in [0.1, 0.15) is 10.4 Å². The lowest BCUT2D eigenvalue weighted by Crippen LogP contribution is -2.47. The zero-order chi connectivity index (χ0) is 19.4. The van der Waals surface area contributed by atoms with Crippen molar-refractivity contribution in [2.75, 3.05) is 12.5 Å². The maximum atomic E-state index is 11.1. The normalized spacial score (nSPS) is 11.1. The number of anilines is 1. The zero-order valence-electron chi connectivity index (χ0n) is 14.5. The van der Waals surface area contributed by atoms with Crippen LogP contribution in [0, 0.1) is 0 Å². The van der Waals surface area contributed by atoms with Crippen LogP contribution in [0.4, 0.5) is 11.4 Å². The average molecular weight is 367 g/mol. The molecule has 3 aromatic carbocycles. The molecule has 0 atom stereocenters. The Balaban J connectivity index is 1.85. The number of hydrogen-bond donors (Lipinski definition) is 4. The summed E-state index contributed by atoms with van der Waals surface area (Å²) < 4.78 is 5.14. The second-order valence-electron chi connectivity index (χ2n) is 5.85. The number of rotatable bonds is 6.